The summed E-state index contributed by atoms with van der Waals surface area (Å²) in [5.74, 6) is 2.25. The maximum atomic E-state index is 12.0. The zero-order chi connectivity index (χ0) is 12.1. The third kappa shape index (κ3) is 3.10. The lowest BCUT2D eigenvalue weighted by Gasteiger charge is -2.22. The molecular formula is C11H15N3O2S. The lowest BCUT2D eigenvalue weighted by atomic mass is 10.3. The van der Waals surface area contributed by atoms with Gasteiger partial charge in [0.05, 0.1) is 13.2 Å². The Kier molecular flexibility index (Phi) is 4.22. The number of ether oxygens (including phenoxy) is 1. The number of rotatable bonds is 3. The zero-order valence-corrected chi connectivity index (χ0v) is 10.4. The lowest BCUT2D eigenvalue weighted by Crippen LogP contribution is -2.46. The summed E-state index contributed by atoms with van der Waals surface area (Å²) in [5.41, 5.74) is 0.609. The van der Waals surface area contributed by atoms with E-state index in [1.54, 1.807) is 30.1 Å². The number of thioether (sulfide) groups is 1. The summed E-state index contributed by atoms with van der Waals surface area (Å²) >= 11 is 1.78. The number of amides is 1. The topological polar surface area (TPSA) is 63.2 Å². The molecule has 1 fully saturated rings. The van der Waals surface area contributed by atoms with E-state index >= 15 is 0 Å². The van der Waals surface area contributed by atoms with Gasteiger partial charge in [0.1, 0.15) is 5.69 Å². The summed E-state index contributed by atoms with van der Waals surface area (Å²) in [6.07, 6.45) is 1.63. The highest BCUT2D eigenvalue weighted by molar-refractivity contribution is 7.99. The molecule has 1 aliphatic rings. The van der Waals surface area contributed by atoms with Crippen LogP contribution >= 0.6 is 11.8 Å². The number of carbonyl (C=O) groups is 1. The van der Waals surface area contributed by atoms with E-state index in [4.69, 9.17) is 4.74 Å². The Hall–Kier alpha value is -1.27. The maximum Gasteiger partial charge on any atom is 0.242 e. The minimum Gasteiger partial charge on any atom is -0.480 e. The van der Waals surface area contributed by atoms with Crippen molar-refractivity contribution in [1.29, 1.82) is 0 Å². The Morgan fingerprint density at radius 1 is 1.71 bits per heavy atom. The molecule has 1 unspecified atom stereocenters. The normalized spacial score (nSPS) is 19.7. The molecule has 6 heteroatoms. The molecule has 0 saturated carbocycles. The Morgan fingerprint density at radius 3 is 3.29 bits per heavy atom. The Labute approximate surface area is 104 Å². The van der Waals surface area contributed by atoms with Gasteiger partial charge in [-0.05, 0) is 12.1 Å². The summed E-state index contributed by atoms with van der Waals surface area (Å²) in [6.45, 7) is 0.868. The monoisotopic (exact) mass is 253 g/mol. The van der Waals surface area contributed by atoms with Crippen LogP contribution < -0.4 is 15.4 Å². The van der Waals surface area contributed by atoms with E-state index in [-0.39, 0.29) is 11.9 Å². The van der Waals surface area contributed by atoms with E-state index in [1.165, 1.54) is 7.11 Å². The van der Waals surface area contributed by atoms with Crippen molar-refractivity contribution in [2.75, 3.05) is 30.5 Å². The maximum absolute atomic E-state index is 12.0. The Balaban J connectivity index is 2.01. The van der Waals surface area contributed by atoms with Gasteiger partial charge in [-0.1, -0.05) is 0 Å². The number of aromatic nitrogens is 1. The minimum atomic E-state index is -0.140. The predicted octanol–water partition coefficient (Wildman–Crippen LogP) is 0.734. The smallest absolute Gasteiger partial charge is 0.242 e. The van der Waals surface area contributed by atoms with Crippen LogP contribution in [0.3, 0.4) is 0 Å². The second kappa shape index (κ2) is 5.88. The predicted molar refractivity (Wildman–Crippen MR) is 68.5 cm³/mol. The molecule has 1 amide bonds. The molecule has 2 heterocycles. The van der Waals surface area contributed by atoms with E-state index in [1.807, 2.05) is 0 Å². The molecule has 2 rings (SSSR count). The van der Waals surface area contributed by atoms with E-state index in [9.17, 15) is 4.79 Å². The molecule has 0 bridgehead atoms. The summed E-state index contributed by atoms with van der Waals surface area (Å²) in [7, 11) is 1.53. The average Bonchev–Trinajstić information content (AvgIpc) is 2.40. The van der Waals surface area contributed by atoms with Gasteiger partial charge in [-0.2, -0.15) is 11.8 Å². The molecule has 0 radical (unpaired) electrons. The zero-order valence-electron chi connectivity index (χ0n) is 9.60. The average molecular weight is 253 g/mol. The first-order chi connectivity index (χ1) is 8.31. The van der Waals surface area contributed by atoms with Gasteiger partial charge in [-0.25, -0.2) is 4.98 Å². The fourth-order valence-corrected chi connectivity index (χ4v) is 2.54. The number of hydrogen-bond acceptors (Lipinski definition) is 5. The number of nitrogens with zero attached hydrogens (tertiary/aromatic N) is 1. The molecule has 0 aromatic carbocycles. The highest BCUT2D eigenvalue weighted by Gasteiger charge is 2.21. The van der Waals surface area contributed by atoms with Crippen molar-refractivity contribution in [2.45, 2.75) is 6.04 Å². The third-order valence-electron chi connectivity index (χ3n) is 2.46. The van der Waals surface area contributed by atoms with Crippen LogP contribution in [0, 0.1) is 0 Å². The van der Waals surface area contributed by atoms with Crippen molar-refractivity contribution >= 4 is 23.4 Å². The first-order valence-electron chi connectivity index (χ1n) is 5.42. The highest BCUT2D eigenvalue weighted by Crippen LogP contribution is 2.20. The number of nitrogens with one attached hydrogen (secondary N) is 2. The van der Waals surface area contributed by atoms with Crippen LogP contribution in [0.1, 0.15) is 0 Å². The summed E-state index contributed by atoms with van der Waals surface area (Å²) < 4.78 is 5.08. The van der Waals surface area contributed by atoms with E-state index in [0.29, 0.717) is 11.6 Å². The van der Waals surface area contributed by atoms with Gasteiger partial charge >= 0.3 is 0 Å². The van der Waals surface area contributed by atoms with Crippen molar-refractivity contribution < 1.29 is 9.53 Å². The molecule has 92 valence electrons. The van der Waals surface area contributed by atoms with E-state index < -0.39 is 0 Å². The van der Waals surface area contributed by atoms with Gasteiger partial charge in [-0.3, -0.25) is 4.79 Å². The highest BCUT2D eigenvalue weighted by atomic mass is 32.2. The molecule has 1 aliphatic heterocycles. The Morgan fingerprint density at radius 2 is 2.59 bits per heavy atom. The molecule has 1 atom stereocenters. The second-order valence-electron chi connectivity index (χ2n) is 3.63. The minimum absolute atomic E-state index is 0.0384. The van der Waals surface area contributed by atoms with Gasteiger partial charge in [0.15, 0.2) is 0 Å². The number of pyridine rings is 1. The molecule has 1 saturated heterocycles. The second-order valence-corrected chi connectivity index (χ2v) is 4.78. The number of anilines is 1. The number of hydrogen-bond donors (Lipinski definition) is 2. The van der Waals surface area contributed by atoms with Gasteiger partial charge in [-0.15, -0.1) is 0 Å². The summed E-state index contributed by atoms with van der Waals surface area (Å²) in [5, 5.41) is 6.01. The van der Waals surface area contributed by atoms with Crippen molar-refractivity contribution in [1.82, 2.24) is 10.3 Å². The van der Waals surface area contributed by atoms with Crippen LogP contribution in [0.2, 0.25) is 0 Å². The van der Waals surface area contributed by atoms with E-state index in [0.717, 1.165) is 18.1 Å². The first kappa shape index (κ1) is 12.2. The van der Waals surface area contributed by atoms with Crippen LogP contribution in [-0.2, 0) is 4.79 Å². The molecule has 1 aromatic heterocycles. The van der Waals surface area contributed by atoms with Gasteiger partial charge in [0, 0.05) is 24.2 Å². The molecule has 0 aliphatic carbocycles. The standard InChI is InChI=1S/C11H15N3O2S/c1-16-11-8(3-2-4-13-11)14-10(15)9-7-17-6-5-12-9/h2-4,9,12H,5-7H2,1H3,(H,14,15). The van der Waals surface area contributed by atoms with Crippen LogP contribution in [0.5, 0.6) is 5.88 Å². The van der Waals surface area contributed by atoms with Gasteiger partial charge in [0.25, 0.3) is 0 Å². The van der Waals surface area contributed by atoms with Gasteiger partial charge < -0.3 is 15.4 Å². The summed E-state index contributed by atoms with van der Waals surface area (Å²) in [6, 6.07) is 3.40. The number of carbonyl (C=O) groups excluding carboxylic acids is 1. The third-order valence-corrected chi connectivity index (χ3v) is 3.52. The van der Waals surface area contributed by atoms with Crippen molar-refractivity contribution in [3.8, 4) is 5.88 Å². The quantitative estimate of drug-likeness (QED) is 0.831. The fraction of sp³-hybridized carbons (Fsp3) is 0.455. The largest absolute Gasteiger partial charge is 0.480 e. The van der Waals surface area contributed by atoms with Crippen LogP contribution in [0.4, 0.5) is 5.69 Å². The molecule has 1 aromatic rings. The van der Waals surface area contributed by atoms with Crippen LogP contribution in [-0.4, -0.2) is 42.1 Å². The summed E-state index contributed by atoms with van der Waals surface area (Å²) in [4.78, 5) is 16.0. The van der Waals surface area contributed by atoms with E-state index in [2.05, 4.69) is 15.6 Å². The van der Waals surface area contributed by atoms with Crippen LogP contribution in [0.15, 0.2) is 18.3 Å². The fourth-order valence-electron chi connectivity index (χ4n) is 1.60. The first-order valence-corrected chi connectivity index (χ1v) is 6.57. The van der Waals surface area contributed by atoms with Crippen LogP contribution in [0.25, 0.3) is 0 Å². The molecule has 17 heavy (non-hydrogen) atoms. The van der Waals surface area contributed by atoms with Gasteiger partial charge in [0.2, 0.25) is 11.8 Å². The SMILES string of the molecule is COc1ncccc1NC(=O)C1CSCCN1. The van der Waals surface area contributed by atoms with Crippen molar-refractivity contribution in [2.24, 2.45) is 0 Å². The number of methoxy groups -OCH3 is 1. The molecular weight excluding hydrogens is 238 g/mol. The van der Waals surface area contributed by atoms with Crippen molar-refractivity contribution in [3.63, 3.8) is 0 Å². The lowest BCUT2D eigenvalue weighted by molar-refractivity contribution is -0.117. The molecule has 0 spiro atoms. The molecule has 5 nitrogen and oxygen atoms in total. The molecule has 2 N–H and O–H groups in total. The Bertz CT molecular complexity index is 394. The van der Waals surface area contributed by atoms with Crippen molar-refractivity contribution in [3.05, 3.63) is 18.3 Å².